The Balaban J connectivity index is 0.921. The highest BCUT2D eigenvalue weighted by Crippen LogP contribution is 2.40. The molecule has 2 N–H and O–H groups in total. The molecule has 2 saturated heterocycles. The Morgan fingerprint density at radius 1 is 1.03 bits per heavy atom. The number of morpholine rings is 1. The molecule has 14 heteroatoms. The maximum absolute atomic E-state index is 15.8. The van der Waals surface area contributed by atoms with Crippen LogP contribution in [0.4, 0.5) is 10.1 Å². The number of piperidine rings is 1. The molecule has 2 aromatic carbocycles. The van der Waals surface area contributed by atoms with E-state index >= 15 is 4.39 Å². The first-order valence-corrected chi connectivity index (χ1v) is 22.5. The molecule has 6 rings (SSSR count). The Bertz CT molecular complexity index is 1960. The highest BCUT2D eigenvalue weighted by molar-refractivity contribution is 7.09. The Labute approximate surface area is 358 Å². The highest BCUT2D eigenvalue weighted by Gasteiger charge is 2.41. The first-order chi connectivity index (χ1) is 28.6. The lowest BCUT2D eigenvalue weighted by molar-refractivity contribution is -0.136. The monoisotopic (exact) mass is 849 g/mol. The van der Waals surface area contributed by atoms with Crippen LogP contribution in [-0.2, 0) is 38.4 Å². The number of thiazole rings is 1. The summed E-state index contributed by atoms with van der Waals surface area (Å²) in [5.41, 5.74) is 2.54. The van der Waals surface area contributed by atoms with E-state index in [0.29, 0.717) is 74.1 Å². The normalized spacial score (nSPS) is 17.3. The van der Waals surface area contributed by atoms with Gasteiger partial charge in [0, 0.05) is 55.6 Å². The minimum Gasteiger partial charge on any atom is -0.506 e. The quantitative estimate of drug-likeness (QED) is 0.104. The first kappa shape index (κ1) is 45.4. The van der Waals surface area contributed by atoms with Crippen molar-refractivity contribution in [1.82, 2.24) is 19.7 Å². The number of phenolic OH excluding ortho intramolecular Hbond substituents is 1. The number of carbonyl (C=O) groups excluding carboxylic acids is 3. The molecule has 3 aliphatic heterocycles. The van der Waals surface area contributed by atoms with Crippen molar-refractivity contribution in [1.29, 1.82) is 0 Å². The molecule has 1 spiro atoms. The summed E-state index contributed by atoms with van der Waals surface area (Å²) in [5, 5.41) is 15.7. The number of carbonyl (C=O) groups is 3. The van der Waals surface area contributed by atoms with Gasteiger partial charge in [0.05, 0.1) is 43.4 Å². The van der Waals surface area contributed by atoms with E-state index < -0.39 is 5.60 Å². The van der Waals surface area contributed by atoms with E-state index in [9.17, 15) is 19.5 Å². The predicted octanol–water partition coefficient (Wildman–Crippen LogP) is 7.57. The average Bonchev–Trinajstić information content (AvgIpc) is 3.72. The molecular weight excluding hydrogens is 786 g/mol. The molecule has 3 amide bonds. The molecule has 3 aliphatic rings. The number of benzene rings is 2. The summed E-state index contributed by atoms with van der Waals surface area (Å²) in [7, 11) is 0. The number of phenols is 1. The van der Waals surface area contributed by atoms with Crippen LogP contribution in [0.25, 0.3) is 0 Å². The number of amides is 3. The van der Waals surface area contributed by atoms with E-state index in [-0.39, 0.29) is 66.3 Å². The van der Waals surface area contributed by atoms with Crippen molar-refractivity contribution >= 4 is 34.7 Å². The Kier molecular flexibility index (Phi) is 15.3. The zero-order valence-electron chi connectivity index (χ0n) is 36.3. The van der Waals surface area contributed by atoms with Crippen LogP contribution in [0.15, 0.2) is 35.7 Å². The molecule has 328 valence electrons. The molecule has 0 unspecified atom stereocenters. The number of halogens is 1. The number of likely N-dealkylation sites (tertiary alicyclic amines) is 1. The van der Waals surface area contributed by atoms with Gasteiger partial charge in [-0.2, -0.15) is 0 Å². The predicted molar refractivity (Wildman–Crippen MR) is 231 cm³/mol. The third kappa shape index (κ3) is 11.4. The van der Waals surface area contributed by atoms with E-state index in [1.54, 1.807) is 12.1 Å². The van der Waals surface area contributed by atoms with Crippen LogP contribution in [0.5, 0.6) is 11.5 Å². The van der Waals surface area contributed by atoms with Gasteiger partial charge in [-0.15, -0.1) is 11.3 Å². The number of unbranched alkanes of at least 4 members (excludes halogenated alkanes) is 2. The summed E-state index contributed by atoms with van der Waals surface area (Å²) >= 11 is 1.53. The van der Waals surface area contributed by atoms with E-state index in [0.717, 1.165) is 62.2 Å². The molecule has 1 aromatic heterocycles. The molecule has 1 atom stereocenters. The number of hydrogen-bond donors (Lipinski definition) is 2. The van der Waals surface area contributed by atoms with Crippen LogP contribution in [0.2, 0.25) is 0 Å². The number of hydrogen-bond acceptors (Lipinski definition) is 10. The Morgan fingerprint density at radius 3 is 2.53 bits per heavy atom. The van der Waals surface area contributed by atoms with Crippen LogP contribution in [0.1, 0.15) is 118 Å². The van der Waals surface area contributed by atoms with Gasteiger partial charge in [-0.1, -0.05) is 65.3 Å². The summed E-state index contributed by atoms with van der Waals surface area (Å²) < 4.78 is 33.7. The topological polar surface area (TPSA) is 134 Å². The van der Waals surface area contributed by atoms with Crippen molar-refractivity contribution in [3.63, 3.8) is 0 Å². The highest BCUT2D eigenvalue weighted by atomic mass is 32.1. The van der Waals surface area contributed by atoms with Gasteiger partial charge in [-0.3, -0.25) is 19.3 Å². The summed E-state index contributed by atoms with van der Waals surface area (Å²) in [6.45, 7) is 17.4. The molecule has 2 fully saturated rings. The second-order valence-electron chi connectivity index (χ2n) is 18.0. The number of aryl methyl sites for hydroxylation is 1. The van der Waals surface area contributed by atoms with Crippen LogP contribution < -0.4 is 10.1 Å². The average molecular weight is 850 g/mol. The van der Waals surface area contributed by atoms with Gasteiger partial charge in [0.2, 0.25) is 5.91 Å². The third-order valence-electron chi connectivity index (χ3n) is 12.3. The second-order valence-corrected chi connectivity index (χ2v) is 18.9. The molecular formula is C46H64FN5O7S. The van der Waals surface area contributed by atoms with E-state index in [2.05, 4.69) is 56.7 Å². The molecule has 0 bridgehead atoms. The van der Waals surface area contributed by atoms with E-state index in [1.165, 1.54) is 11.3 Å². The lowest BCUT2D eigenvalue weighted by atomic mass is 9.86. The molecule has 0 radical (unpaired) electrons. The number of ether oxygens (including phenoxy) is 3. The Morgan fingerprint density at radius 2 is 1.80 bits per heavy atom. The van der Waals surface area contributed by atoms with Crippen molar-refractivity contribution in [3.05, 3.63) is 68.9 Å². The van der Waals surface area contributed by atoms with Crippen molar-refractivity contribution in [3.8, 4) is 11.5 Å². The van der Waals surface area contributed by atoms with Crippen LogP contribution in [0, 0.1) is 11.2 Å². The van der Waals surface area contributed by atoms with Crippen LogP contribution in [0.3, 0.4) is 0 Å². The summed E-state index contributed by atoms with van der Waals surface area (Å²) in [5.74, 6) is 0.322. The van der Waals surface area contributed by atoms with Crippen molar-refractivity contribution in [2.45, 2.75) is 117 Å². The number of fused-ring (bicyclic) bond motifs is 1. The minimum atomic E-state index is -0.392. The number of anilines is 1. The van der Waals surface area contributed by atoms with Crippen LogP contribution in [-0.4, -0.2) is 113 Å². The van der Waals surface area contributed by atoms with Crippen molar-refractivity contribution < 1.29 is 38.1 Å². The van der Waals surface area contributed by atoms with Crippen LogP contribution >= 0.6 is 11.3 Å². The van der Waals surface area contributed by atoms with Crippen molar-refractivity contribution in [2.24, 2.45) is 5.41 Å². The standard InChI is InChI=1S/C46H64FN5O7S/c1-31(2)43-48-36(29-60-43)44(56)51-23-26-59-46(30-51)18-21-50(22-19-46)27-35-13-10-12-33(40(35)47)16-24-57-25-17-39(55)52(32(3)45(4,5)6)20-9-7-8-11-34-14-15-37(53)41-42(34)58-28-38(54)49-41/h10,12-15,29,31-32,53H,7-9,11,16-28,30H2,1-6H3,(H,49,54)/t32-/m1/s1. The molecule has 3 aromatic rings. The van der Waals surface area contributed by atoms with E-state index in [4.69, 9.17) is 14.2 Å². The number of aromatic nitrogens is 1. The molecule has 12 nitrogen and oxygen atoms in total. The molecule has 60 heavy (non-hydrogen) atoms. The van der Waals surface area contributed by atoms with E-state index in [1.807, 2.05) is 33.4 Å². The number of nitrogens with one attached hydrogen (secondary N) is 1. The maximum Gasteiger partial charge on any atom is 0.273 e. The summed E-state index contributed by atoms with van der Waals surface area (Å²) in [6.07, 6.45) is 5.52. The summed E-state index contributed by atoms with van der Waals surface area (Å²) in [6, 6.07) is 8.99. The van der Waals surface area contributed by atoms with Gasteiger partial charge in [0.1, 0.15) is 22.9 Å². The minimum absolute atomic E-state index is 0.0109. The maximum atomic E-state index is 15.8. The molecule has 0 aliphatic carbocycles. The fourth-order valence-electron chi connectivity index (χ4n) is 8.22. The third-order valence-corrected chi connectivity index (χ3v) is 13.4. The SMILES string of the molecule is CC(C)c1nc(C(=O)N2CCOC3(CCN(Cc4cccc(CCOCCC(=O)N(CCCCCc5ccc(O)c6c5OCC(=O)N6)[C@H](C)C(C)(C)C)c4F)CC3)C2)cs1. The lowest BCUT2D eigenvalue weighted by Gasteiger charge is -2.47. The number of aromatic hydroxyl groups is 1. The molecule has 4 heterocycles. The van der Waals surface area contributed by atoms with Gasteiger partial charge < -0.3 is 34.4 Å². The number of rotatable bonds is 17. The second kappa shape index (κ2) is 20.2. The zero-order chi connectivity index (χ0) is 43.0. The zero-order valence-corrected chi connectivity index (χ0v) is 37.1. The lowest BCUT2D eigenvalue weighted by Crippen LogP contribution is -2.58. The largest absolute Gasteiger partial charge is 0.506 e. The fraction of sp³-hybridized carbons (Fsp3) is 0.609. The van der Waals surface area contributed by atoms with Gasteiger partial charge in [0.15, 0.2) is 12.4 Å². The van der Waals surface area contributed by atoms with Gasteiger partial charge >= 0.3 is 0 Å². The van der Waals surface area contributed by atoms with Crippen molar-refractivity contribution in [2.75, 3.05) is 64.5 Å². The fourth-order valence-corrected chi connectivity index (χ4v) is 9.03. The summed E-state index contributed by atoms with van der Waals surface area (Å²) in [4.78, 5) is 49.3. The molecule has 0 saturated carbocycles. The smallest absolute Gasteiger partial charge is 0.273 e. The first-order valence-electron chi connectivity index (χ1n) is 21.7. The Hall–Kier alpha value is -4.11. The number of nitrogens with zero attached hydrogens (tertiary/aromatic N) is 4. The van der Waals surface area contributed by atoms with Gasteiger partial charge in [0.25, 0.3) is 11.8 Å². The van der Waals surface area contributed by atoms with Gasteiger partial charge in [-0.05, 0) is 68.1 Å². The van der Waals surface area contributed by atoms with Gasteiger partial charge in [-0.25, -0.2) is 9.37 Å².